The normalized spacial score (nSPS) is 17.8. The van der Waals surface area contributed by atoms with Crippen molar-refractivity contribution < 1.29 is 23.1 Å². The average Bonchev–Trinajstić information content (AvgIpc) is 2.53. The van der Waals surface area contributed by atoms with Crippen LogP contribution in [-0.2, 0) is 21.4 Å². The molecule has 1 N–H and O–H groups in total. The lowest BCUT2D eigenvalue weighted by molar-refractivity contribution is -0.00475. The van der Waals surface area contributed by atoms with Crippen molar-refractivity contribution in [1.82, 2.24) is 9.21 Å². The summed E-state index contributed by atoms with van der Waals surface area (Å²) in [6.45, 7) is 0.732. The second kappa shape index (κ2) is 7.50. The molecule has 2 rings (SSSR count). The predicted octanol–water partition coefficient (Wildman–Crippen LogP) is 1.04. The molecule has 1 heterocycles. The standard InChI is InChI=1S/C16H24N2O5S/c1-17(2)24(21,22)13-16(20)8-10-18(11-9-16)15(19)23-12-14-6-4-3-5-7-14/h3-7,20H,8-13H2,1-2H3. The molecule has 0 bridgehead atoms. The molecule has 0 atom stereocenters. The zero-order chi connectivity index (χ0) is 17.8. The van der Waals surface area contributed by atoms with E-state index in [9.17, 15) is 18.3 Å². The van der Waals surface area contributed by atoms with Crippen LogP contribution in [0.4, 0.5) is 4.79 Å². The molecule has 7 nitrogen and oxygen atoms in total. The lowest BCUT2D eigenvalue weighted by atomic mass is 9.94. The van der Waals surface area contributed by atoms with Crippen molar-refractivity contribution in [2.24, 2.45) is 0 Å². The summed E-state index contributed by atoms with van der Waals surface area (Å²) in [5, 5.41) is 10.5. The highest BCUT2D eigenvalue weighted by Gasteiger charge is 2.38. The summed E-state index contributed by atoms with van der Waals surface area (Å²) in [5.41, 5.74) is -0.407. The van der Waals surface area contributed by atoms with Gasteiger partial charge in [-0.2, -0.15) is 0 Å². The zero-order valence-corrected chi connectivity index (χ0v) is 14.8. The minimum Gasteiger partial charge on any atom is -0.445 e. The Morgan fingerprint density at radius 2 is 1.83 bits per heavy atom. The molecule has 1 aliphatic rings. The van der Waals surface area contributed by atoms with Gasteiger partial charge in [-0.15, -0.1) is 0 Å². The summed E-state index contributed by atoms with van der Waals surface area (Å²) in [5.74, 6) is -0.333. The Morgan fingerprint density at radius 3 is 2.38 bits per heavy atom. The van der Waals surface area contributed by atoms with Crippen molar-refractivity contribution >= 4 is 16.1 Å². The maximum Gasteiger partial charge on any atom is 0.410 e. The number of hydrogen-bond acceptors (Lipinski definition) is 5. The molecule has 0 spiro atoms. The fourth-order valence-corrected chi connectivity index (χ4v) is 3.76. The van der Waals surface area contributed by atoms with E-state index in [0.29, 0.717) is 0 Å². The van der Waals surface area contributed by atoms with Gasteiger partial charge in [-0.05, 0) is 18.4 Å². The number of benzene rings is 1. The maximum absolute atomic E-state index is 12.1. The Kier molecular flexibility index (Phi) is 5.84. The number of carbonyl (C=O) groups excluding carboxylic acids is 1. The van der Waals surface area contributed by atoms with Gasteiger partial charge >= 0.3 is 6.09 Å². The summed E-state index contributed by atoms with van der Waals surface area (Å²) >= 11 is 0. The Labute approximate surface area is 142 Å². The van der Waals surface area contributed by atoms with E-state index in [1.165, 1.54) is 19.0 Å². The highest BCUT2D eigenvalue weighted by Crippen LogP contribution is 2.25. The third-order valence-corrected chi connectivity index (χ3v) is 6.18. The first kappa shape index (κ1) is 18.7. The molecule has 0 radical (unpaired) electrons. The average molecular weight is 356 g/mol. The number of nitrogens with zero attached hydrogens (tertiary/aromatic N) is 2. The smallest absolute Gasteiger partial charge is 0.410 e. The van der Waals surface area contributed by atoms with E-state index in [1.807, 2.05) is 30.3 Å². The maximum atomic E-state index is 12.1. The molecule has 1 aromatic rings. The molecule has 8 heteroatoms. The molecule has 1 amide bonds. The number of piperidine rings is 1. The molecule has 0 aliphatic carbocycles. The number of sulfonamides is 1. The van der Waals surface area contributed by atoms with Crippen LogP contribution >= 0.6 is 0 Å². The Bertz CT molecular complexity index is 652. The van der Waals surface area contributed by atoms with E-state index in [-0.39, 0.29) is 38.3 Å². The molecule has 0 aromatic heterocycles. The van der Waals surface area contributed by atoms with Crippen LogP contribution in [0.2, 0.25) is 0 Å². The van der Waals surface area contributed by atoms with Crippen LogP contribution in [0.3, 0.4) is 0 Å². The predicted molar refractivity (Wildman–Crippen MR) is 89.9 cm³/mol. The van der Waals surface area contributed by atoms with Crippen molar-refractivity contribution in [1.29, 1.82) is 0 Å². The lowest BCUT2D eigenvalue weighted by Crippen LogP contribution is -2.51. The molecule has 1 fully saturated rings. The summed E-state index contributed by atoms with van der Waals surface area (Å²) < 4.78 is 30.2. The minimum absolute atomic E-state index is 0.190. The second-order valence-corrected chi connectivity index (χ2v) is 8.47. The summed E-state index contributed by atoms with van der Waals surface area (Å²) in [6, 6.07) is 9.37. The highest BCUT2D eigenvalue weighted by molar-refractivity contribution is 7.89. The van der Waals surface area contributed by atoms with Gasteiger partial charge in [-0.25, -0.2) is 17.5 Å². The SMILES string of the molecule is CN(C)S(=O)(=O)CC1(O)CCN(C(=O)OCc2ccccc2)CC1. The van der Waals surface area contributed by atoms with Gasteiger partial charge in [0.2, 0.25) is 10.0 Å². The lowest BCUT2D eigenvalue weighted by Gasteiger charge is -2.37. The molecule has 24 heavy (non-hydrogen) atoms. The largest absolute Gasteiger partial charge is 0.445 e. The van der Waals surface area contributed by atoms with Crippen LogP contribution in [-0.4, -0.2) is 67.4 Å². The van der Waals surface area contributed by atoms with E-state index in [2.05, 4.69) is 0 Å². The van der Waals surface area contributed by atoms with E-state index >= 15 is 0 Å². The number of carbonyl (C=O) groups is 1. The van der Waals surface area contributed by atoms with Gasteiger partial charge in [0.05, 0.1) is 11.4 Å². The van der Waals surface area contributed by atoms with Gasteiger partial charge in [-0.1, -0.05) is 30.3 Å². The Hall–Kier alpha value is -1.64. The summed E-state index contributed by atoms with van der Waals surface area (Å²) in [6.07, 6.45) is -0.0301. The fourth-order valence-electron chi connectivity index (χ4n) is 2.53. The Morgan fingerprint density at radius 1 is 1.25 bits per heavy atom. The first-order valence-corrected chi connectivity index (χ1v) is 9.41. The molecule has 134 valence electrons. The van der Waals surface area contributed by atoms with Gasteiger partial charge in [0.25, 0.3) is 0 Å². The van der Waals surface area contributed by atoms with Crippen LogP contribution in [0.25, 0.3) is 0 Å². The Balaban J connectivity index is 1.84. The second-order valence-electron chi connectivity index (χ2n) is 6.29. The van der Waals surface area contributed by atoms with Crippen LogP contribution in [0.5, 0.6) is 0 Å². The van der Waals surface area contributed by atoms with Gasteiger partial charge < -0.3 is 14.7 Å². The van der Waals surface area contributed by atoms with Gasteiger partial charge in [0.15, 0.2) is 0 Å². The fraction of sp³-hybridized carbons (Fsp3) is 0.562. The van der Waals surface area contributed by atoms with Crippen molar-refractivity contribution in [3.63, 3.8) is 0 Å². The topological polar surface area (TPSA) is 87.2 Å². The molecule has 0 unspecified atom stereocenters. The van der Waals surface area contributed by atoms with Crippen LogP contribution < -0.4 is 0 Å². The van der Waals surface area contributed by atoms with E-state index in [0.717, 1.165) is 9.87 Å². The number of likely N-dealkylation sites (tertiary alicyclic amines) is 1. The van der Waals surface area contributed by atoms with Gasteiger partial charge in [-0.3, -0.25) is 0 Å². The molecule has 1 aliphatic heterocycles. The number of hydrogen-bond donors (Lipinski definition) is 1. The summed E-state index contributed by atoms with van der Waals surface area (Å²) in [7, 11) is -0.613. The van der Waals surface area contributed by atoms with Crippen LogP contribution in [0.1, 0.15) is 18.4 Å². The molecule has 1 aromatic carbocycles. The molecular formula is C16H24N2O5S. The van der Waals surface area contributed by atoms with Gasteiger partial charge in [0, 0.05) is 27.2 Å². The van der Waals surface area contributed by atoms with Gasteiger partial charge in [0.1, 0.15) is 6.61 Å². The third kappa shape index (κ3) is 4.93. The monoisotopic (exact) mass is 356 g/mol. The first-order chi connectivity index (χ1) is 11.2. The number of rotatable bonds is 5. The molecular weight excluding hydrogens is 332 g/mol. The van der Waals surface area contributed by atoms with Crippen LogP contribution in [0, 0.1) is 0 Å². The quantitative estimate of drug-likeness (QED) is 0.852. The van der Waals surface area contributed by atoms with Crippen molar-refractivity contribution in [3.8, 4) is 0 Å². The minimum atomic E-state index is -3.49. The molecule has 1 saturated heterocycles. The highest BCUT2D eigenvalue weighted by atomic mass is 32.2. The number of amides is 1. The zero-order valence-electron chi connectivity index (χ0n) is 14.0. The van der Waals surface area contributed by atoms with Crippen molar-refractivity contribution in [2.45, 2.75) is 25.0 Å². The number of ether oxygens (including phenoxy) is 1. The van der Waals surface area contributed by atoms with E-state index in [1.54, 1.807) is 0 Å². The van der Waals surface area contributed by atoms with Crippen molar-refractivity contribution in [2.75, 3.05) is 32.9 Å². The third-order valence-electron chi connectivity index (χ3n) is 4.16. The van der Waals surface area contributed by atoms with E-state index in [4.69, 9.17) is 4.74 Å². The van der Waals surface area contributed by atoms with Crippen molar-refractivity contribution in [3.05, 3.63) is 35.9 Å². The summed E-state index contributed by atoms with van der Waals surface area (Å²) in [4.78, 5) is 13.6. The van der Waals surface area contributed by atoms with E-state index < -0.39 is 21.7 Å². The number of aliphatic hydroxyl groups is 1. The first-order valence-electron chi connectivity index (χ1n) is 7.80. The van der Waals surface area contributed by atoms with Crippen LogP contribution in [0.15, 0.2) is 30.3 Å². The molecule has 0 saturated carbocycles.